The molecular weight excluding hydrogens is 456 g/mol. The molecule has 8 nitrogen and oxygen atoms in total. The predicted molar refractivity (Wildman–Crippen MR) is 107 cm³/mol. The number of hydrogen-bond donors (Lipinski definition) is 0. The second-order valence-electron chi connectivity index (χ2n) is 6.92. The Balaban J connectivity index is 1.70. The number of nitrogens with zero attached hydrogens (tertiary/aromatic N) is 4. The minimum absolute atomic E-state index is 0.154. The SMILES string of the molecule is Cc1ccc(Br)cc1S(=O)(=O)N1CCN(S(=O)(=O)N2CCN(C)CC2)CC1. The molecule has 0 aromatic heterocycles. The maximum atomic E-state index is 13.0. The van der Waals surface area contributed by atoms with Gasteiger partial charge in [-0.25, -0.2) is 8.42 Å². The fourth-order valence-corrected chi connectivity index (χ4v) is 7.08. The molecule has 2 fully saturated rings. The standard InChI is InChI=1S/C16H25BrN4O4S2/c1-14-3-4-15(17)13-16(14)26(22,23)19-9-11-21(12-10-19)27(24,25)20-7-5-18(2)6-8-20/h3-4,13H,5-12H2,1-2H3. The van der Waals surface area contributed by atoms with E-state index in [1.165, 1.54) is 12.9 Å². The Labute approximate surface area is 170 Å². The first-order valence-electron chi connectivity index (χ1n) is 8.82. The molecule has 0 bridgehead atoms. The van der Waals surface area contributed by atoms with Gasteiger partial charge in [-0.3, -0.25) is 0 Å². The average molecular weight is 481 g/mol. The topological polar surface area (TPSA) is 81.2 Å². The summed E-state index contributed by atoms with van der Waals surface area (Å²) in [6.45, 7) is 4.74. The van der Waals surface area contributed by atoms with E-state index in [4.69, 9.17) is 0 Å². The highest BCUT2D eigenvalue weighted by atomic mass is 79.9. The van der Waals surface area contributed by atoms with Gasteiger partial charge in [0, 0.05) is 56.8 Å². The van der Waals surface area contributed by atoms with E-state index in [0.717, 1.165) is 0 Å². The van der Waals surface area contributed by atoms with Crippen molar-refractivity contribution in [3.05, 3.63) is 28.2 Å². The van der Waals surface area contributed by atoms with Crippen LogP contribution in [0.3, 0.4) is 0 Å². The Hall–Kier alpha value is -0.560. The molecule has 0 saturated carbocycles. The molecule has 0 radical (unpaired) electrons. The van der Waals surface area contributed by atoms with Gasteiger partial charge in [0.15, 0.2) is 0 Å². The molecule has 0 atom stereocenters. The zero-order valence-electron chi connectivity index (χ0n) is 15.5. The van der Waals surface area contributed by atoms with Crippen LogP contribution in [0.4, 0.5) is 0 Å². The normalized spacial score (nSPS) is 22.2. The van der Waals surface area contributed by atoms with E-state index in [0.29, 0.717) is 36.2 Å². The van der Waals surface area contributed by atoms with Crippen molar-refractivity contribution in [2.45, 2.75) is 11.8 Å². The van der Waals surface area contributed by atoms with Gasteiger partial charge in [0.1, 0.15) is 0 Å². The Morgan fingerprint density at radius 3 is 1.85 bits per heavy atom. The number of piperazine rings is 2. The van der Waals surface area contributed by atoms with E-state index < -0.39 is 20.2 Å². The molecule has 2 aliphatic rings. The number of rotatable bonds is 4. The molecule has 0 spiro atoms. The Kier molecular flexibility index (Phi) is 6.31. The fourth-order valence-electron chi connectivity index (χ4n) is 3.31. The van der Waals surface area contributed by atoms with Gasteiger partial charge in [-0.15, -0.1) is 0 Å². The largest absolute Gasteiger partial charge is 0.304 e. The molecule has 3 rings (SSSR count). The number of likely N-dealkylation sites (N-methyl/N-ethyl adjacent to an activating group) is 1. The van der Waals surface area contributed by atoms with Crippen molar-refractivity contribution in [2.75, 3.05) is 59.4 Å². The van der Waals surface area contributed by atoms with E-state index in [1.807, 2.05) is 7.05 Å². The summed E-state index contributed by atoms with van der Waals surface area (Å²) in [7, 11) is -5.23. The predicted octanol–water partition coefficient (Wildman–Crippen LogP) is 0.556. The van der Waals surface area contributed by atoms with Crippen LogP contribution in [0.1, 0.15) is 5.56 Å². The van der Waals surface area contributed by atoms with Crippen molar-refractivity contribution in [3.63, 3.8) is 0 Å². The van der Waals surface area contributed by atoms with Crippen molar-refractivity contribution in [3.8, 4) is 0 Å². The van der Waals surface area contributed by atoms with Crippen LogP contribution in [0.5, 0.6) is 0 Å². The first-order chi connectivity index (χ1) is 12.6. The smallest absolute Gasteiger partial charge is 0.282 e. The quantitative estimate of drug-likeness (QED) is 0.628. The van der Waals surface area contributed by atoms with Gasteiger partial charge in [0.25, 0.3) is 10.2 Å². The highest BCUT2D eigenvalue weighted by molar-refractivity contribution is 9.10. The summed E-state index contributed by atoms with van der Waals surface area (Å²) >= 11 is 3.32. The third kappa shape index (κ3) is 4.39. The van der Waals surface area contributed by atoms with Gasteiger partial charge in [-0.1, -0.05) is 22.0 Å². The molecule has 2 saturated heterocycles. The summed E-state index contributed by atoms with van der Waals surface area (Å²) < 4.78 is 56.6. The minimum atomic E-state index is -3.65. The molecule has 0 N–H and O–H groups in total. The van der Waals surface area contributed by atoms with Crippen LogP contribution in [0, 0.1) is 6.92 Å². The van der Waals surface area contributed by atoms with Crippen LogP contribution in [-0.4, -0.2) is 94.1 Å². The van der Waals surface area contributed by atoms with Crippen LogP contribution >= 0.6 is 15.9 Å². The van der Waals surface area contributed by atoms with Crippen molar-refractivity contribution < 1.29 is 16.8 Å². The third-order valence-corrected chi connectivity index (χ3v) is 9.65. The van der Waals surface area contributed by atoms with Gasteiger partial charge in [0.05, 0.1) is 4.90 Å². The molecule has 11 heteroatoms. The highest BCUT2D eigenvalue weighted by Gasteiger charge is 2.37. The van der Waals surface area contributed by atoms with E-state index in [2.05, 4.69) is 20.8 Å². The molecular formula is C16H25BrN4O4S2. The lowest BCUT2D eigenvalue weighted by molar-refractivity contribution is 0.201. The van der Waals surface area contributed by atoms with Crippen molar-refractivity contribution in [2.24, 2.45) is 0 Å². The maximum Gasteiger partial charge on any atom is 0.282 e. The zero-order chi connectivity index (χ0) is 19.8. The first-order valence-corrected chi connectivity index (χ1v) is 12.5. The molecule has 2 heterocycles. The van der Waals surface area contributed by atoms with Gasteiger partial charge < -0.3 is 4.90 Å². The molecule has 0 aliphatic carbocycles. The minimum Gasteiger partial charge on any atom is -0.304 e. The molecule has 1 aromatic rings. The van der Waals surface area contributed by atoms with Crippen LogP contribution in [0.2, 0.25) is 0 Å². The summed E-state index contributed by atoms with van der Waals surface area (Å²) in [4.78, 5) is 2.35. The lowest BCUT2D eigenvalue weighted by Gasteiger charge is -2.38. The highest BCUT2D eigenvalue weighted by Crippen LogP contribution is 2.25. The molecule has 0 unspecified atom stereocenters. The van der Waals surface area contributed by atoms with Gasteiger partial charge in [0.2, 0.25) is 10.0 Å². The van der Waals surface area contributed by atoms with Gasteiger partial charge in [-0.05, 0) is 31.7 Å². The second-order valence-corrected chi connectivity index (χ2v) is 11.7. The van der Waals surface area contributed by atoms with E-state index >= 15 is 0 Å². The number of benzene rings is 1. The zero-order valence-corrected chi connectivity index (χ0v) is 18.7. The number of sulfonamides is 1. The van der Waals surface area contributed by atoms with E-state index in [-0.39, 0.29) is 31.1 Å². The molecule has 27 heavy (non-hydrogen) atoms. The molecule has 152 valence electrons. The third-order valence-electron chi connectivity index (χ3n) is 5.08. The van der Waals surface area contributed by atoms with Crippen LogP contribution < -0.4 is 0 Å². The summed E-state index contributed by atoms with van der Waals surface area (Å²) in [5.74, 6) is 0. The van der Waals surface area contributed by atoms with E-state index in [9.17, 15) is 16.8 Å². The Bertz CT molecular complexity index is 891. The lowest BCUT2D eigenvalue weighted by Crippen LogP contribution is -2.57. The van der Waals surface area contributed by atoms with E-state index in [1.54, 1.807) is 25.1 Å². The fraction of sp³-hybridized carbons (Fsp3) is 0.625. The molecule has 2 aliphatic heterocycles. The lowest BCUT2D eigenvalue weighted by atomic mass is 10.2. The maximum absolute atomic E-state index is 13.0. The monoisotopic (exact) mass is 480 g/mol. The van der Waals surface area contributed by atoms with Crippen LogP contribution in [-0.2, 0) is 20.2 Å². The summed E-state index contributed by atoms with van der Waals surface area (Å²) in [6.07, 6.45) is 0. The summed E-state index contributed by atoms with van der Waals surface area (Å²) in [6, 6.07) is 5.15. The van der Waals surface area contributed by atoms with Crippen molar-refractivity contribution in [1.29, 1.82) is 0 Å². The Morgan fingerprint density at radius 1 is 0.815 bits per heavy atom. The van der Waals surface area contributed by atoms with Gasteiger partial charge >= 0.3 is 0 Å². The summed E-state index contributed by atoms with van der Waals surface area (Å²) in [5.41, 5.74) is 0.672. The number of hydrogen-bond acceptors (Lipinski definition) is 5. The molecule has 1 aromatic carbocycles. The van der Waals surface area contributed by atoms with Crippen LogP contribution in [0.15, 0.2) is 27.6 Å². The van der Waals surface area contributed by atoms with Crippen molar-refractivity contribution in [1.82, 2.24) is 17.8 Å². The average Bonchev–Trinajstić information content (AvgIpc) is 2.64. The van der Waals surface area contributed by atoms with Crippen molar-refractivity contribution >= 4 is 36.2 Å². The first kappa shape index (κ1) is 21.2. The number of aryl methyl sites for hydroxylation is 1. The number of halogens is 1. The molecule has 0 amide bonds. The Morgan fingerprint density at radius 2 is 1.30 bits per heavy atom. The van der Waals surface area contributed by atoms with Crippen LogP contribution in [0.25, 0.3) is 0 Å². The summed E-state index contributed by atoms with van der Waals surface area (Å²) in [5, 5.41) is 0. The van der Waals surface area contributed by atoms with Gasteiger partial charge in [-0.2, -0.15) is 21.3 Å². The second kappa shape index (κ2) is 8.05.